The molecule has 1 aromatic heterocycles. The van der Waals surface area contributed by atoms with Crippen LogP contribution in [0.5, 0.6) is 0 Å². The predicted octanol–water partition coefficient (Wildman–Crippen LogP) is 5.80. The summed E-state index contributed by atoms with van der Waals surface area (Å²) in [5.74, 6) is 0. The number of hydrogen-bond donors (Lipinski definition) is 1. The standard InChI is InChI=1S/C14H14Cl3NS/c1-2-4-18-13(14-12(17)3-5-19-14)9-6-10(15)8-11(16)7-9/h3,5-8,13,18H,2,4H2,1H3. The van der Waals surface area contributed by atoms with Crippen molar-refractivity contribution in [2.24, 2.45) is 0 Å². The summed E-state index contributed by atoms with van der Waals surface area (Å²) < 4.78 is 0. The van der Waals surface area contributed by atoms with Crippen molar-refractivity contribution in [1.29, 1.82) is 0 Å². The molecule has 1 nitrogen and oxygen atoms in total. The Hall–Kier alpha value is -0.250. The average Bonchev–Trinajstić information content (AvgIpc) is 2.75. The van der Waals surface area contributed by atoms with Gasteiger partial charge in [-0.2, -0.15) is 0 Å². The molecule has 0 bridgehead atoms. The lowest BCUT2D eigenvalue weighted by Crippen LogP contribution is -2.22. The molecule has 2 aromatic rings. The molecule has 0 amide bonds. The molecular formula is C14H14Cl3NS. The van der Waals surface area contributed by atoms with E-state index in [0.717, 1.165) is 28.4 Å². The topological polar surface area (TPSA) is 12.0 Å². The Bertz CT molecular complexity index is 533. The number of nitrogens with one attached hydrogen (secondary N) is 1. The van der Waals surface area contributed by atoms with Crippen LogP contribution in [0.1, 0.15) is 29.8 Å². The van der Waals surface area contributed by atoms with Crippen LogP contribution in [-0.4, -0.2) is 6.54 Å². The van der Waals surface area contributed by atoms with E-state index in [2.05, 4.69) is 12.2 Å². The maximum absolute atomic E-state index is 6.25. The molecule has 1 aromatic carbocycles. The van der Waals surface area contributed by atoms with Gasteiger partial charge in [-0.1, -0.05) is 41.7 Å². The number of thiophene rings is 1. The van der Waals surface area contributed by atoms with Gasteiger partial charge in [0.15, 0.2) is 0 Å². The predicted molar refractivity (Wildman–Crippen MR) is 85.9 cm³/mol. The third-order valence-corrected chi connectivity index (χ3v) is 4.58. The number of halogens is 3. The Labute approximate surface area is 132 Å². The quantitative estimate of drug-likeness (QED) is 0.729. The van der Waals surface area contributed by atoms with Gasteiger partial charge in [-0.05, 0) is 48.2 Å². The molecule has 1 unspecified atom stereocenters. The molecule has 102 valence electrons. The molecule has 0 radical (unpaired) electrons. The maximum Gasteiger partial charge on any atom is 0.0687 e. The van der Waals surface area contributed by atoms with E-state index in [4.69, 9.17) is 34.8 Å². The van der Waals surface area contributed by atoms with Crippen LogP contribution in [0, 0.1) is 0 Å². The maximum atomic E-state index is 6.25. The van der Waals surface area contributed by atoms with Gasteiger partial charge >= 0.3 is 0 Å². The molecule has 0 spiro atoms. The second-order valence-electron chi connectivity index (χ2n) is 4.22. The highest BCUT2D eigenvalue weighted by Crippen LogP contribution is 2.35. The summed E-state index contributed by atoms with van der Waals surface area (Å²) in [6.45, 7) is 3.04. The summed E-state index contributed by atoms with van der Waals surface area (Å²) >= 11 is 20.1. The van der Waals surface area contributed by atoms with Crippen molar-refractivity contribution >= 4 is 46.1 Å². The van der Waals surface area contributed by atoms with Crippen molar-refractivity contribution in [2.75, 3.05) is 6.54 Å². The van der Waals surface area contributed by atoms with Crippen LogP contribution in [0.25, 0.3) is 0 Å². The van der Waals surface area contributed by atoms with E-state index in [-0.39, 0.29) is 6.04 Å². The molecule has 1 atom stereocenters. The fourth-order valence-electron chi connectivity index (χ4n) is 1.90. The first kappa shape index (κ1) is 15.1. The Morgan fingerprint density at radius 1 is 1.16 bits per heavy atom. The van der Waals surface area contributed by atoms with Gasteiger partial charge in [-0.15, -0.1) is 11.3 Å². The molecule has 0 saturated carbocycles. The van der Waals surface area contributed by atoms with Gasteiger partial charge in [0.1, 0.15) is 0 Å². The van der Waals surface area contributed by atoms with E-state index in [9.17, 15) is 0 Å². The van der Waals surface area contributed by atoms with E-state index < -0.39 is 0 Å². The zero-order valence-electron chi connectivity index (χ0n) is 10.4. The minimum atomic E-state index is 0.0312. The van der Waals surface area contributed by atoms with Gasteiger partial charge in [0.05, 0.1) is 11.1 Å². The summed E-state index contributed by atoms with van der Waals surface area (Å²) in [5, 5.41) is 7.53. The molecule has 0 aliphatic carbocycles. The highest BCUT2D eigenvalue weighted by Gasteiger charge is 2.18. The molecule has 1 N–H and O–H groups in total. The van der Waals surface area contributed by atoms with Crippen LogP contribution in [0.4, 0.5) is 0 Å². The largest absolute Gasteiger partial charge is 0.306 e. The number of benzene rings is 1. The van der Waals surface area contributed by atoms with Crippen LogP contribution in [0.15, 0.2) is 29.6 Å². The van der Waals surface area contributed by atoms with Gasteiger partial charge in [0.25, 0.3) is 0 Å². The first-order valence-corrected chi connectivity index (χ1v) is 8.05. The Balaban J connectivity index is 2.39. The highest BCUT2D eigenvalue weighted by molar-refractivity contribution is 7.10. The molecule has 0 aliphatic heterocycles. The molecule has 0 saturated heterocycles. The van der Waals surface area contributed by atoms with Crippen LogP contribution < -0.4 is 5.32 Å². The van der Waals surface area contributed by atoms with Crippen molar-refractivity contribution in [3.8, 4) is 0 Å². The molecule has 1 heterocycles. The first-order valence-electron chi connectivity index (χ1n) is 6.04. The van der Waals surface area contributed by atoms with Crippen molar-refractivity contribution in [1.82, 2.24) is 5.32 Å². The fourth-order valence-corrected chi connectivity index (χ4v) is 3.71. The van der Waals surface area contributed by atoms with Crippen molar-refractivity contribution in [3.05, 3.63) is 55.2 Å². The average molecular weight is 335 g/mol. The minimum Gasteiger partial charge on any atom is -0.306 e. The van der Waals surface area contributed by atoms with Gasteiger partial charge in [-0.25, -0.2) is 0 Å². The molecule has 0 aliphatic rings. The van der Waals surface area contributed by atoms with Crippen molar-refractivity contribution in [2.45, 2.75) is 19.4 Å². The molecular weight excluding hydrogens is 321 g/mol. The zero-order valence-corrected chi connectivity index (χ0v) is 13.5. The number of rotatable bonds is 5. The van der Waals surface area contributed by atoms with Gasteiger partial charge < -0.3 is 5.32 Å². The fraction of sp³-hybridized carbons (Fsp3) is 0.286. The second kappa shape index (κ2) is 6.96. The van der Waals surface area contributed by atoms with E-state index in [1.165, 1.54) is 0 Å². The lowest BCUT2D eigenvalue weighted by molar-refractivity contribution is 0.606. The van der Waals surface area contributed by atoms with Crippen LogP contribution in [0.3, 0.4) is 0 Å². The Kier molecular flexibility index (Phi) is 5.55. The Morgan fingerprint density at radius 2 is 1.84 bits per heavy atom. The summed E-state index contributed by atoms with van der Waals surface area (Å²) in [6.07, 6.45) is 1.05. The SMILES string of the molecule is CCCNC(c1cc(Cl)cc(Cl)c1)c1sccc1Cl. The smallest absolute Gasteiger partial charge is 0.0687 e. The van der Waals surface area contributed by atoms with Crippen LogP contribution in [0.2, 0.25) is 15.1 Å². The van der Waals surface area contributed by atoms with Crippen molar-refractivity contribution < 1.29 is 0 Å². The first-order chi connectivity index (χ1) is 9.11. The third-order valence-electron chi connectivity index (χ3n) is 2.72. The van der Waals surface area contributed by atoms with E-state index in [1.54, 1.807) is 17.4 Å². The highest BCUT2D eigenvalue weighted by atomic mass is 35.5. The lowest BCUT2D eigenvalue weighted by atomic mass is 10.1. The Morgan fingerprint density at radius 3 is 2.37 bits per heavy atom. The van der Waals surface area contributed by atoms with Crippen LogP contribution >= 0.6 is 46.1 Å². The molecule has 5 heteroatoms. The van der Waals surface area contributed by atoms with E-state index in [0.29, 0.717) is 10.0 Å². The van der Waals surface area contributed by atoms with Gasteiger partial charge in [-0.3, -0.25) is 0 Å². The lowest BCUT2D eigenvalue weighted by Gasteiger charge is -2.19. The summed E-state index contributed by atoms with van der Waals surface area (Å²) in [5.41, 5.74) is 1.04. The van der Waals surface area contributed by atoms with Crippen molar-refractivity contribution in [3.63, 3.8) is 0 Å². The molecule has 0 fully saturated rings. The number of hydrogen-bond acceptors (Lipinski definition) is 2. The van der Waals surface area contributed by atoms with E-state index >= 15 is 0 Å². The van der Waals surface area contributed by atoms with E-state index in [1.807, 2.05) is 23.6 Å². The normalized spacial score (nSPS) is 12.6. The second-order valence-corrected chi connectivity index (χ2v) is 6.45. The van der Waals surface area contributed by atoms with Crippen LogP contribution in [-0.2, 0) is 0 Å². The summed E-state index contributed by atoms with van der Waals surface area (Å²) in [7, 11) is 0. The third kappa shape index (κ3) is 3.87. The molecule has 2 rings (SSSR count). The monoisotopic (exact) mass is 333 g/mol. The zero-order chi connectivity index (χ0) is 13.8. The molecule has 19 heavy (non-hydrogen) atoms. The minimum absolute atomic E-state index is 0.0312. The summed E-state index contributed by atoms with van der Waals surface area (Å²) in [6, 6.07) is 7.53. The van der Waals surface area contributed by atoms with Gasteiger partial charge in [0.2, 0.25) is 0 Å². The van der Waals surface area contributed by atoms with Gasteiger partial charge in [0, 0.05) is 14.9 Å². The summed E-state index contributed by atoms with van der Waals surface area (Å²) in [4.78, 5) is 1.09.